The lowest BCUT2D eigenvalue weighted by atomic mass is 9.93. The molecule has 10 heteroatoms. The van der Waals surface area contributed by atoms with Crippen molar-refractivity contribution in [3.8, 4) is 0 Å². The molecule has 1 aliphatic carbocycles. The van der Waals surface area contributed by atoms with E-state index >= 15 is 0 Å². The molecule has 0 saturated carbocycles. The third-order valence-corrected chi connectivity index (χ3v) is 6.37. The van der Waals surface area contributed by atoms with E-state index in [4.69, 9.17) is 9.90 Å². The third-order valence-electron chi connectivity index (χ3n) is 5.59. The molecule has 2 aliphatic rings. The Morgan fingerprint density at radius 1 is 1.18 bits per heavy atom. The molecular formula is C24H29F4NO4S. The van der Waals surface area contributed by atoms with Crippen LogP contribution in [-0.4, -0.2) is 42.9 Å². The Morgan fingerprint density at radius 2 is 1.74 bits per heavy atom. The Balaban J connectivity index is 0.000000945. The van der Waals surface area contributed by atoms with E-state index in [9.17, 15) is 26.0 Å². The van der Waals surface area contributed by atoms with Crippen molar-refractivity contribution in [1.82, 2.24) is 4.90 Å². The molecule has 0 radical (unpaired) electrons. The summed E-state index contributed by atoms with van der Waals surface area (Å²) in [6, 6.07) is 4.99. The summed E-state index contributed by atoms with van der Waals surface area (Å²) in [4.78, 5) is 11.1. The molecule has 0 bridgehead atoms. The predicted octanol–water partition coefficient (Wildman–Crippen LogP) is 5.83. The van der Waals surface area contributed by atoms with E-state index < -0.39 is 33.4 Å². The van der Waals surface area contributed by atoms with Gasteiger partial charge in [0.2, 0.25) is 0 Å². The number of alkyl halides is 3. The van der Waals surface area contributed by atoms with E-state index in [2.05, 4.69) is 4.90 Å². The predicted molar refractivity (Wildman–Crippen MR) is 122 cm³/mol. The first-order valence-corrected chi connectivity index (χ1v) is 12.8. The lowest BCUT2D eigenvalue weighted by Gasteiger charge is -2.31. The lowest BCUT2D eigenvalue weighted by molar-refractivity contribution is -0.137. The van der Waals surface area contributed by atoms with Gasteiger partial charge in [0.25, 0.3) is 5.97 Å². The number of benzene rings is 1. The van der Waals surface area contributed by atoms with Gasteiger partial charge in [-0.3, -0.25) is 4.79 Å². The molecule has 1 N–H and O–H groups in total. The van der Waals surface area contributed by atoms with Crippen LogP contribution in [0.1, 0.15) is 56.7 Å². The number of allylic oxidation sites excluding steroid dienone is 3. The number of halogens is 4. The summed E-state index contributed by atoms with van der Waals surface area (Å²) in [5.74, 6) is -1.78. The monoisotopic (exact) mass is 503 g/mol. The summed E-state index contributed by atoms with van der Waals surface area (Å²) in [6.45, 7) is 3.47. The van der Waals surface area contributed by atoms with E-state index in [0.29, 0.717) is 6.54 Å². The minimum atomic E-state index is -4.37. The molecule has 188 valence electrons. The second kappa shape index (κ2) is 11.2. The summed E-state index contributed by atoms with van der Waals surface area (Å²) in [5, 5.41) is 7.42. The molecule has 0 amide bonds. The molecule has 0 saturated heterocycles. The normalized spacial score (nSPS) is 19.0. The maximum atomic E-state index is 14.3. The molecule has 0 unspecified atom stereocenters. The summed E-state index contributed by atoms with van der Waals surface area (Å²) in [5.41, 5.74) is 3.07. The van der Waals surface area contributed by atoms with Crippen molar-refractivity contribution >= 4 is 15.8 Å². The van der Waals surface area contributed by atoms with Crippen LogP contribution >= 0.6 is 0 Å². The Labute approximate surface area is 197 Å². The minimum Gasteiger partial charge on any atom is -0.481 e. The Kier molecular flexibility index (Phi) is 9.10. The number of hydrogen-bond donors (Lipinski definition) is 1. The first-order valence-electron chi connectivity index (χ1n) is 10.8. The highest BCUT2D eigenvalue weighted by molar-refractivity contribution is 7.90. The first-order chi connectivity index (χ1) is 15.7. The number of carboxylic acid groups (broad SMARTS) is 1. The maximum absolute atomic E-state index is 14.3. The first kappa shape index (κ1) is 27.6. The second-order valence-corrected chi connectivity index (χ2v) is 10.6. The summed E-state index contributed by atoms with van der Waals surface area (Å²) in [6.07, 6.45) is 2.79. The highest BCUT2D eigenvalue weighted by atomic mass is 32.2. The van der Waals surface area contributed by atoms with Gasteiger partial charge in [-0.15, -0.1) is 0 Å². The third kappa shape index (κ3) is 8.00. The summed E-state index contributed by atoms with van der Waals surface area (Å²) in [7, 11) is -3.30. The van der Waals surface area contributed by atoms with Gasteiger partial charge < -0.3 is 10.0 Å². The van der Waals surface area contributed by atoms with E-state index in [0.717, 1.165) is 79.5 Å². The zero-order valence-electron chi connectivity index (χ0n) is 19.3. The standard InChI is InChI=1S/C22H25F4NO2S.C2H4O2/c1-15(16-7-9-18(10-8-16)22(24,25)26)27-14-17(20-5-3-4-6-21(20)27)13-19(23)11-12-30(2,28)29;1-2(3)4/h7-11,13,15H,3-6,12,14H2,1-2H3;1H3,(H,3,4)/b17-13+,19-11+;/t15-;/m0./s1. The van der Waals surface area contributed by atoms with Crippen LogP contribution in [0.2, 0.25) is 0 Å². The van der Waals surface area contributed by atoms with Crippen molar-refractivity contribution in [3.05, 3.63) is 70.2 Å². The van der Waals surface area contributed by atoms with Gasteiger partial charge in [0.05, 0.1) is 17.4 Å². The largest absolute Gasteiger partial charge is 0.481 e. The fraction of sp³-hybridized carbons (Fsp3) is 0.458. The van der Waals surface area contributed by atoms with Gasteiger partial charge in [-0.2, -0.15) is 13.2 Å². The van der Waals surface area contributed by atoms with Crippen LogP contribution in [0, 0.1) is 0 Å². The highest BCUT2D eigenvalue weighted by Crippen LogP contribution is 2.43. The Bertz CT molecular complexity index is 1080. The van der Waals surface area contributed by atoms with Crippen LogP contribution in [-0.2, 0) is 20.8 Å². The molecular weight excluding hydrogens is 474 g/mol. The summed E-state index contributed by atoms with van der Waals surface area (Å²) >= 11 is 0. The topological polar surface area (TPSA) is 74.7 Å². The van der Waals surface area contributed by atoms with E-state index in [1.54, 1.807) is 0 Å². The molecule has 0 fully saturated rings. The molecule has 1 aliphatic heterocycles. The molecule has 34 heavy (non-hydrogen) atoms. The van der Waals surface area contributed by atoms with Crippen molar-refractivity contribution in [2.75, 3.05) is 18.6 Å². The van der Waals surface area contributed by atoms with Gasteiger partial charge in [0.1, 0.15) is 5.83 Å². The van der Waals surface area contributed by atoms with Crippen LogP contribution in [0.5, 0.6) is 0 Å². The SMILES string of the molecule is CC(=O)O.C[C@@H](c1ccc(C(F)(F)F)cc1)N1C/C(=C\C(F)=C/CS(C)(=O)=O)C2=C1CCCC2. The second-order valence-electron chi connectivity index (χ2n) is 8.43. The molecule has 1 aromatic carbocycles. The number of nitrogens with zero attached hydrogens (tertiary/aromatic N) is 1. The number of hydrogen-bond acceptors (Lipinski definition) is 4. The quantitative estimate of drug-likeness (QED) is 0.512. The number of sulfone groups is 1. The van der Waals surface area contributed by atoms with E-state index in [1.807, 2.05) is 6.92 Å². The van der Waals surface area contributed by atoms with Gasteiger partial charge in [-0.1, -0.05) is 12.1 Å². The highest BCUT2D eigenvalue weighted by Gasteiger charge is 2.33. The van der Waals surface area contributed by atoms with Gasteiger partial charge >= 0.3 is 6.18 Å². The molecule has 0 spiro atoms. The number of rotatable bonds is 5. The van der Waals surface area contributed by atoms with E-state index in [-0.39, 0.29) is 11.8 Å². The van der Waals surface area contributed by atoms with Crippen LogP contribution in [0.3, 0.4) is 0 Å². The number of aliphatic carboxylic acids is 1. The van der Waals surface area contributed by atoms with Crippen LogP contribution in [0.15, 0.2) is 59.1 Å². The van der Waals surface area contributed by atoms with Crippen LogP contribution in [0.25, 0.3) is 0 Å². The fourth-order valence-electron chi connectivity index (χ4n) is 4.02. The maximum Gasteiger partial charge on any atom is 0.416 e. The van der Waals surface area contributed by atoms with Crippen molar-refractivity contribution in [2.24, 2.45) is 0 Å². The number of carboxylic acids is 1. The smallest absolute Gasteiger partial charge is 0.416 e. The van der Waals surface area contributed by atoms with E-state index in [1.165, 1.54) is 18.2 Å². The molecule has 3 rings (SSSR count). The molecule has 1 heterocycles. The fourth-order valence-corrected chi connectivity index (χ4v) is 4.48. The molecule has 5 nitrogen and oxygen atoms in total. The van der Waals surface area contributed by atoms with Crippen molar-refractivity contribution in [2.45, 2.75) is 51.7 Å². The average molecular weight is 504 g/mol. The summed E-state index contributed by atoms with van der Waals surface area (Å²) < 4.78 is 75.4. The van der Waals surface area contributed by atoms with Crippen molar-refractivity contribution in [1.29, 1.82) is 0 Å². The minimum absolute atomic E-state index is 0.163. The number of carbonyl (C=O) groups is 1. The van der Waals surface area contributed by atoms with Crippen molar-refractivity contribution in [3.63, 3.8) is 0 Å². The van der Waals surface area contributed by atoms with Crippen LogP contribution < -0.4 is 0 Å². The van der Waals surface area contributed by atoms with Gasteiger partial charge in [-0.25, -0.2) is 12.8 Å². The Hall–Kier alpha value is -2.62. The molecule has 1 aromatic rings. The zero-order valence-corrected chi connectivity index (χ0v) is 20.1. The van der Waals surface area contributed by atoms with Gasteiger partial charge in [0.15, 0.2) is 9.84 Å². The lowest BCUT2D eigenvalue weighted by Crippen LogP contribution is -2.24. The van der Waals surface area contributed by atoms with Crippen LogP contribution in [0.4, 0.5) is 17.6 Å². The van der Waals surface area contributed by atoms with Gasteiger partial charge in [-0.05, 0) is 73.6 Å². The molecule has 0 aromatic heterocycles. The van der Waals surface area contributed by atoms with Gasteiger partial charge in [0, 0.05) is 25.4 Å². The molecule has 1 atom stereocenters. The average Bonchev–Trinajstić information content (AvgIpc) is 3.09. The zero-order chi connectivity index (χ0) is 25.7. The van der Waals surface area contributed by atoms with Crippen molar-refractivity contribution < 1.29 is 35.9 Å². The Morgan fingerprint density at radius 3 is 2.26 bits per heavy atom.